The van der Waals surface area contributed by atoms with Gasteiger partial charge in [0.05, 0.1) is 10.6 Å². The van der Waals surface area contributed by atoms with E-state index in [1.54, 1.807) is 12.1 Å². The van der Waals surface area contributed by atoms with Crippen LogP contribution in [-0.4, -0.2) is 23.1 Å². The molecule has 0 aliphatic carbocycles. The van der Waals surface area contributed by atoms with Crippen molar-refractivity contribution in [2.24, 2.45) is 0 Å². The van der Waals surface area contributed by atoms with Gasteiger partial charge in [0, 0.05) is 11.9 Å². The Morgan fingerprint density at radius 1 is 0.909 bits per heavy atom. The summed E-state index contributed by atoms with van der Waals surface area (Å²) in [5, 5.41) is 0. The van der Waals surface area contributed by atoms with Crippen LogP contribution in [0.2, 0.25) is 0 Å². The first kappa shape index (κ1) is 16.5. The van der Waals surface area contributed by atoms with Crippen LogP contribution in [-0.2, 0) is 25.6 Å². The zero-order valence-corrected chi connectivity index (χ0v) is 13.9. The molecular formula is C15H17NO4S2. The van der Waals surface area contributed by atoms with Crippen LogP contribution in [0.25, 0.3) is 0 Å². The maximum Gasteiger partial charge on any atom is 0.236 e. The second kappa shape index (κ2) is 6.10. The first-order valence-electron chi connectivity index (χ1n) is 6.52. The molecule has 0 aliphatic heterocycles. The smallest absolute Gasteiger partial charge is 0.236 e. The Kier molecular flexibility index (Phi) is 4.58. The molecule has 0 saturated carbocycles. The number of nitrogens with one attached hydrogen (secondary N) is 1. The van der Waals surface area contributed by atoms with Crippen LogP contribution in [0.15, 0.2) is 53.4 Å². The monoisotopic (exact) mass is 339 g/mol. The first-order chi connectivity index (χ1) is 10.2. The van der Waals surface area contributed by atoms with Gasteiger partial charge in [0.2, 0.25) is 10.0 Å². The van der Waals surface area contributed by atoms with Crippen molar-refractivity contribution < 1.29 is 16.8 Å². The molecule has 0 radical (unpaired) electrons. The summed E-state index contributed by atoms with van der Waals surface area (Å²) in [6.07, 6.45) is 1.10. The fourth-order valence-electron chi connectivity index (χ4n) is 1.96. The fraction of sp³-hybridized carbons (Fsp3) is 0.200. The van der Waals surface area contributed by atoms with Crippen molar-refractivity contribution in [3.05, 3.63) is 59.7 Å². The predicted octanol–water partition coefficient (Wildman–Crippen LogP) is 2.34. The molecule has 0 saturated heterocycles. The van der Waals surface area contributed by atoms with Gasteiger partial charge in [-0.25, -0.2) is 16.8 Å². The molecule has 7 heteroatoms. The van der Waals surface area contributed by atoms with Crippen LogP contribution < -0.4 is 4.72 Å². The predicted molar refractivity (Wildman–Crippen MR) is 87.0 cm³/mol. The SMILES string of the molecule is Cc1ccccc1CS(=O)(=O)Nc1ccc(S(C)(=O)=O)cc1. The van der Waals surface area contributed by atoms with Gasteiger partial charge >= 0.3 is 0 Å². The lowest BCUT2D eigenvalue weighted by Crippen LogP contribution is -2.15. The van der Waals surface area contributed by atoms with Crippen molar-refractivity contribution in [2.75, 3.05) is 11.0 Å². The van der Waals surface area contributed by atoms with Gasteiger partial charge in [-0.15, -0.1) is 0 Å². The van der Waals surface area contributed by atoms with Gasteiger partial charge in [0.25, 0.3) is 0 Å². The van der Waals surface area contributed by atoms with Crippen molar-refractivity contribution >= 4 is 25.5 Å². The number of sulfone groups is 1. The van der Waals surface area contributed by atoms with Crippen LogP contribution in [0.5, 0.6) is 0 Å². The number of hydrogen-bond acceptors (Lipinski definition) is 4. The summed E-state index contributed by atoms with van der Waals surface area (Å²) in [6, 6.07) is 12.9. The van der Waals surface area contributed by atoms with E-state index >= 15 is 0 Å². The van der Waals surface area contributed by atoms with Crippen LogP contribution in [0.1, 0.15) is 11.1 Å². The Morgan fingerprint density at radius 2 is 1.50 bits per heavy atom. The van der Waals surface area contributed by atoms with Crippen molar-refractivity contribution in [3.8, 4) is 0 Å². The average molecular weight is 339 g/mol. The number of anilines is 1. The molecule has 0 aliphatic rings. The van der Waals surface area contributed by atoms with Gasteiger partial charge in [-0.1, -0.05) is 24.3 Å². The molecule has 2 aromatic carbocycles. The molecular weight excluding hydrogens is 322 g/mol. The quantitative estimate of drug-likeness (QED) is 0.907. The van der Waals surface area contributed by atoms with E-state index in [1.807, 2.05) is 19.1 Å². The van der Waals surface area contributed by atoms with Crippen LogP contribution in [0.4, 0.5) is 5.69 Å². The lowest BCUT2D eigenvalue weighted by atomic mass is 10.1. The third-order valence-electron chi connectivity index (χ3n) is 3.16. The zero-order chi connectivity index (χ0) is 16.4. The molecule has 0 amide bonds. The minimum absolute atomic E-state index is 0.131. The van der Waals surface area contributed by atoms with Gasteiger partial charge < -0.3 is 0 Å². The minimum Gasteiger partial charge on any atom is -0.283 e. The summed E-state index contributed by atoms with van der Waals surface area (Å²) >= 11 is 0. The second-order valence-electron chi connectivity index (χ2n) is 5.08. The zero-order valence-electron chi connectivity index (χ0n) is 12.3. The van der Waals surface area contributed by atoms with Crippen LogP contribution in [0, 0.1) is 6.92 Å². The van der Waals surface area contributed by atoms with E-state index < -0.39 is 19.9 Å². The highest BCUT2D eigenvalue weighted by molar-refractivity contribution is 7.92. The van der Waals surface area contributed by atoms with E-state index in [9.17, 15) is 16.8 Å². The molecule has 2 rings (SSSR count). The molecule has 22 heavy (non-hydrogen) atoms. The van der Waals surface area contributed by atoms with E-state index in [1.165, 1.54) is 24.3 Å². The van der Waals surface area contributed by atoms with Crippen molar-refractivity contribution in [1.29, 1.82) is 0 Å². The Hall–Kier alpha value is -1.86. The number of sulfonamides is 1. The topological polar surface area (TPSA) is 80.3 Å². The second-order valence-corrected chi connectivity index (χ2v) is 8.82. The molecule has 0 bridgehead atoms. The Labute approximate surface area is 131 Å². The minimum atomic E-state index is -3.56. The van der Waals surface area contributed by atoms with Gasteiger partial charge in [0.1, 0.15) is 0 Å². The molecule has 5 nitrogen and oxygen atoms in total. The maximum atomic E-state index is 12.2. The third kappa shape index (κ3) is 4.32. The van der Waals surface area contributed by atoms with Crippen molar-refractivity contribution in [3.63, 3.8) is 0 Å². The molecule has 0 unspecified atom stereocenters. The Balaban J connectivity index is 2.17. The van der Waals surface area contributed by atoms with Gasteiger partial charge in [-0.2, -0.15) is 0 Å². The molecule has 118 valence electrons. The van der Waals surface area contributed by atoms with Gasteiger partial charge in [-0.05, 0) is 42.3 Å². The number of hydrogen-bond donors (Lipinski definition) is 1. The molecule has 0 spiro atoms. The number of rotatable bonds is 5. The maximum absolute atomic E-state index is 12.2. The summed E-state index contributed by atoms with van der Waals surface area (Å²) in [7, 11) is -6.85. The van der Waals surface area contributed by atoms with Crippen molar-refractivity contribution in [2.45, 2.75) is 17.6 Å². The molecule has 1 N–H and O–H groups in total. The van der Waals surface area contributed by atoms with E-state index in [2.05, 4.69) is 4.72 Å². The summed E-state index contributed by atoms with van der Waals surface area (Å²) in [5.41, 5.74) is 1.96. The average Bonchev–Trinajstić information content (AvgIpc) is 2.40. The molecule has 0 aromatic heterocycles. The highest BCUT2D eigenvalue weighted by Gasteiger charge is 2.14. The molecule has 0 heterocycles. The lowest BCUT2D eigenvalue weighted by Gasteiger charge is -2.10. The van der Waals surface area contributed by atoms with Gasteiger partial charge in [-0.3, -0.25) is 4.72 Å². The summed E-state index contributed by atoms with van der Waals surface area (Å²) in [6.45, 7) is 1.85. The molecule has 0 atom stereocenters. The normalized spacial score (nSPS) is 12.1. The Morgan fingerprint density at radius 3 is 2.05 bits per heavy atom. The van der Waals surface area contributed by atoms with Crippen LogP contribution in [0.3, 0.4) is 0 Å². The van der Waals surface area contributed by atoms with Gasteiger partial charge in [0.15, 0.2) is 9.84 Å². The van der Waals surface area contributed by atoms with Crippen LogP contribution >= 0.6 is 0 Å². The Bertz CT molecular complexity index is 870. The number of benzene rings is 2. The molecule has 2 aromatic rings. The largest absolute Gasteiger partial charge is 0.283 e. The molecule has 0 fully saturated rings. The third-order valence-corrected chi connectivity index (χ3v) is 5.53. The summed E-state index contributed by atoms with van der Waals surface area (Å²) < 4.78 is 49.5. The number of aryl methyl sites for hydroxylation is 1. The van der Waals surface area contributed by atoms with E-state index in [4.69, 9.17) is 0 Å². The van der Waals surface area contributed by atoms with E-state index in [-0.39, 0.29) is 10.6 Å². The highest BCUT2D eigenvalue weighted by atomic mass is 32.2. The lowest BCUT2D eigenvalue weighted by molar-refractivity contribution is 0.599. The first-order valence-corrected chi connectivity index (χ1v) is 10.1. The summed E-state index contributed by atoms with van der Waals surface area (Å²) in [4.78, 5) is 0.148. The standard InChI is InChI=1S/C15H17NO4S2/c1-12-5-3-4-6-13(12)11-22(19,20)16-14-7-9-15(10-8-14)21(2,17)18/h3-10,16H,11H2,1-2H3. The highest BCUT2D eigenvalue weighted by Crippen LogP contribution is 2.17. The van der Waals surface area contributed by atoms with Crippen molar-refractivity contribution in [1.82, 2.24) is 0 Å². The summed E-state index contributed by atoms with van der Waals surface area (Å²) in [5.74, 6) is -0.131. The van der Waals surface area contributed by atoms with E-state index in [0.29, 0.717) is 5.69 Å². The van der Waals surface area contributed by atoms with E-state index in [0.717, 1.165) is 17.4 Å². The fourth-order valence-corrected chi connectivity index (χ4v) is 3.89.